The molecular weight excluding hydrogens is 224 g/mol. The van der Waals surface area contributed by atoms with Crippen LogP contribution in [0.4, 0.5) is 0 Å². The van der Waals surface area contributed by atoms with E-state index in [0.717, 1.165) is 23.7 Å². The fraction of sp³-hybridized carbons (Fsp3) is 0.938. The van der Waals surface area contributed by atoms with Crippen LogP contribution in [0.15, 0.2) is 0 Å². The summed E-state index contributed by atoms with van der Waals surface area (Å²) in [6.45, 7) is 2.25. The number of carbonyl (C=O) groups is 1. The summed E-state index contributed by atoms with van der Waals surface area (Å²) >= 11 is 0. The molecule has 4 atom stereocenters. The van der Waals surface area contributed by atoms with Crippen LogP contribution in [0.2, 0.25) is 0 Å². The van der Waals surface area contributed by atoms with E-state index < -0.39 is 0 Å². The minimum absolute atomic E-state index is 0.0957. The van der Waals surface area contributed by atoms with Gasteiger partial charge in [-0.2, -0.15) is 0 Å². The van der Waals surface area contributed by atoms with E-state index >= 15 is 0 Å². The highest BCUT2D eigenvalue weighted by molar-refractivity contribution is 5.65. The van der Waals surface area contributed by atoms with Gasteiger partial charge < -0.3 is 4.74 Å². The Kier molecular flexibility index (Phi) is 3.63. The van der Waals surface area contributed by atoms with Crippen molar-refractivity contribution < 1.29 is 9.53 Å². The highest BCUT2D eigenvalue weighted by atomic mass is 16.5. The maximum atomic E-state index is 11.1. The molecule has 3 saturated carbocycles. The number of esters is 1. The summed E-state index contributed by atoms with van der Waals surface area (Å²) in [6.07, 6.45) is 11.3. The first kappa shape index (κ1) is 12.5. The molecule has 0 aliphatic heterocycles. The third kappa shape index (κ3) is 2.19. The Morgan fingerprint density at radius 3 is 1.78 bits per heavy atom. The molecule has 4 unspecified atom stereocenters. The molecule has 0 N–H and O–H groups in total. The maximum Gasteiger partial charge on any atom is 0.302 e. The van der Waals surface area contributed by atoms with Crippen molar-refractivity contribution in [3.8, 4) is 0 Å². The Balaban J connectivity index is 1.74. The predicted octanol–water partition coefficient (Wildman–Crippen LogP) is 3.79. The molecule has 2 nitrogen and oxygen atoms in total. The fourth-order valence-electron chi connectivity index (χ4n) is 5.28. The summed E-state index contributed by atoms with van der Waals surface area (Å²) in [7, 11) is 0. The molecule has 3 aliphatic carbocycles. The molecule has 3 aliphatic rings. The van der Waals surface area contributed by atoms with Gasteiger partial charge in [-0.25, -0.2) is 0 Å². The molecule has 18 heavy (non-hydrogen) atoms. The van der Waals surface area contributed by atoms with Crippen molar-refractivity contribution in [3.63, 3.8) is 0 Å². The first-order valence-electron chi connectivity index (χ1n) is 7.90. The van der Waals surface area contributed by atoms with E-state index in [0.29, 0.717) is 12.5 Å². The first-order chi connectivity index (χ1) is 8.77. The average molecular weight is 250 g/mol. The molecule has 0 bridgehead atoms. The highest BCUT2D eigenvalue weighted by Gasteiger charge is 2.50. The van der Waals surface area contributed by atoms with Gasteiger partial charge in [0.2, 0.25) is 0 Å². The third-order valence-corrected chi connectivity index (χ3v) is 5.88. The van der Waals surface area contributed by atoms with E-state index in [1.165, 1.54) is 51.4 Å². The zero-order chi connectivity index (χ0) is 12.5. The molecule has 0 amide bonds. The van der Waals surface area contributed by atoms with Crippen molar-refractivity contribution in [2.45, 2.75) is 58.3 Å². The van der Waals surface area contributed by atoms with E-state index in [4.69, 9.17) is 4.74 Å². The summed E-state index contributed by atoms with van der Waals surface area (Å²) in [5, 5.41) is 0. The average Bonchev–Trinajstić information content (AvgIpc) is 2.71. The first-order valence-corrected chi connectivity index (χ1v) is 7.90. The molecule has 0 aromatic heterocycles. The molecule has 0 saturated heterocycles. The largest absolute Gasteiger partial charge is 0.466 e. The Hall–Kier alpha value is -0.530. The van der Waals surface area contributed by atoms with Crippen LogP contribution in [0.3, 0.4) is 0 Å². The Morgan fingerprint density at radius 2 is 1.33 bits per heavy atom. The third-order valence-electron chi connectivity index (χ3n) is 5.88. The van der Waals surface area contributed by atoms with E-state index in [2.05, 4.69) is 0 Å². The highest BCUT2D eigenvalue weighted by Crippen LogP contribution is 2.57. The summed E-state index contributed by atoms with van der Waals surface area (Å²) in [6, 6.07) is 0. The molecule has 3 rings (SSSR count). The number of rotatable bonds is 2. The van der Waals surface area contributed by atoms with Gasteiger partial charge in [-0.15, -0.1) is 0 Å². The zero-order valence-electron chi connectivity index (χ0n) is 11.6. The summed E-state index contributed by atoms with van der Waals surface area (Å²) in [4.78, 5) is 11.1. The van der Waals surface area contributed by atoms with E-state index in [1.54, 1.807) is 6.92 Å². The quantitative estimate of drug-likeness (QED) is 0.697. The van der Waals surface area contributed by atoms with Gasteiger partial charge in [0.1, 0.15) is 0 Å². The molecule has 0 radical (unpaired) electrons. The second kappa shape index (κ2) is 5.22. The van der Waals surface area contributed by atoms with Crippen LogP contribution in [0, 0.1) is 29.6 Å². The van der Waals surface area contributed by atoms with Gasteiger partial charge >= 0.3 is 5.97 Å². The van der Waals surface area contributed by atoms with Crippen molar-refractivity contribution in [1.82, 2.24) is 0 Å². The lowest BCUT2D eigenvalue weighted by atomic mass is 9.73. The van der Waals surface area contributed by atoms with Crippen molar-refractivity contribution >= 4 is 5.97 Å². The Bertz CT molecular complexity index is 290. The van der Waals surface area contributed by atoms with E-state index in [-0.39, 0.29) is 5.97 Å². The normalized spacial score (nSPS) is 43.1. The van der Waals surface area contributed by atoms with Gasteiger partial charge in [0, 0.05) is 6.92 Å². The lowest BCUT2D eigenvalue weighted by Crippen LogP contribution is -2.26. The van der Waals surface area contributed by atoms with E-state index in [9.17, 15) is 4.79 Å². The number of fused-ring (bicyclic) bond motifs is 3. The van der Waals surface area contributed by atoms with Crippen LogP contribution in [0.1, 0.15) is 58.3 Å². The molecular formula is C16H26O2. The maximum absolute atomic E-state index is 11.1. The van der Waals surface area contributed by atoms with Crippen LogP contribution in [-0.2, 0) is 9.53 Å². The van der Waals surface area contributed by atoms with Crippen molar-refractivity contribution in [1.29, 1.82) is 0 Å². The monoisotopic (exact) mass is 250 g/mol. The van der Waals surface area contributed by atoms with Gasteiger partial charge in [-0.1, -0.05) is 25.7 Å². The van der Waals surface area contributed by atoms with Gasteiger partial charge in [0.25, 0.3) is 0 Å². The van der Waals surface area contributed by atoms with Crippen LogP contribution < -0.4 is 0 Å². The Labute approximate surface area is 110 Å². The summed E-state index contributed by atoms with van der Waals surface area (Å²) < 4.78 is 5.38. The molecule has 0 spiro atoms. The molecule has 2 heteroatoms. The van der Waals surface area contributed by atoms with E-state index in [1.807, 2.05) is 0 Å². The SMILES string of the molecule is CC(=O)OCC1C2CCCCC2C2CCCCC21. The molecule has 102 valence electrons. The van der Waals surface area contributed by atoms with Gasteiger partial charge in [0.05, 0.1) is 6.61 Å². The van der Waals surface area contributed by atoms with Crippen molar-refractivity contribution in [3.05, 3.63) is 0 Å². The molecule has 0 heterocycles. The van der Waals surface area contributed by atoms with Crippen molar-refractivity contribution in [2.75, 3.05) is 6.61 Å². The van der Waals surface area contributed by atoms with Gasteiger partial charge in [0.15, 0.2) is 0 Å². The standard InChI is InChI=1S/C16H26O2/c1-11(17)18-10-16-14-8-4-2-6-12(14)13-7-3-5-9-15(13)16/h12-16H,2-10H2,1H3. The molecule has 3 fully saturated rings. The number of hydrogen-bond donors (Lipinski definition) is 0. The topological polar surface area (TPSA) is 26.3 Å². The van der Waals surface area contributed by atoms with Crippen LogP contribution >= 0.6 is 0 Å². The fourth-order valence-corrected chi connectivity index (χ4v) is 5.28. The second-order valence-electron chi connectivity index (χ2n) is 6.69. The summed E-state index contributed by atoms with van der Waals surface area (Å²) in [5.41, 5.74) is 0. The Morgan fingerprint density at radius 1 is 0.889 bits per heavy atom. The molecule has 0 aromatic rings. The lowest BCUT2D eigenvalue weighted by Gasteiger charge is -2.32. The predicted molar refractivity (Wildman–Crippen MR) is 71.0 cm³/mol. The second-order valence-corrected chi connectivity index (χ2v) is 6.69. The van der Waals surface area contributed by atoms with Crippen LogP contribution in [0.5, 0.6) is 0 Å². The van der Waals surface area contributed by atoms with Gasteiger partial charge in [-0.05, 0) is 55.3 Å². The zero-order valence-corrected chi connectivity index (χ0v) is 11.6. The minimum atomic E-state index is -0.0957. The van der Waals surface area contributed by atoms with Crippen LogP contribution in [0.25, 0.3) is 0 Å². The number of hydrogen-bond acceptors (Lipinski definition) is 2. The number of carbonyl (C=O) groups excluding carboxylic acids is 1. The minimum Gasteiger partial charge on any atom is -0.466 e. The van der Waals surface area contributed by atoms with Crippen LogP contribution in [-0.4, -0.2) is 12.6 Å². The number of ether oxygens (including phenoxy) is 1. The molecule has 0 aromatic carbocycles. The van der Waals surface area contributed by atoms with Crippen molar-refractivity contribution in [2.24, 2.45) is 29.6 Å². The van der Waals surface area contributed by atoms with Gasteiger partial charge in [-0.3, -0.25) is 4.79 Å². The smallest absolute Gasteiger partial charge is 0.302 e. The summed E-state index contributed by atoms with van der Waals surface area (Å²) in [5.74, 6) is 4.25. The lowest BCUT2D eigenvalue weighted by molar-refractivity contribution is -0.143.